The minimum atomic E-state index is -0.920. The molecule has 146 valence electrons. The maximum atomic E-state index is 11.2. The molecular formula is C20H21ClN4O2S. The Morgan fingerprint density at radius 1 is 1.04 bits per heavy atom. The first-order valence-corrected chi connectivity index (χ1v) is 9.82. The Bertz CT molecular complexity index is 969. The van der Waals surface area contributed by atoms with E-state index in [9.17, 15) is 4.79 Å². The molecule has 8 heteroatoms. The van der Waals surface area contributed by atoms with Gasteiger partial charge in [0.2, 0.25) is 0 Å². The first-order chi connectivity index (χ1) is 13.1. The van der Waals surface area contributed by atoms with E-state index in [-0.39, 0.29) is 12.4 Å². The van der Waals surface area contributed by atoms with Crippen molar-refractivity contribution in [2.24, 2.45) is 0 Å². The van der Waals surface area contributed by atoms with Crippen molar-refractivity contribution in [3.63, 3.8) is 0 Å². The number of carboxylic acids is 1. The third-order valence-electron chi connectivity index (χ3n) is 4.80. The molecule has 1 fully saturated rings. The van der Waals surface area contributed by atoms with Gasteiger partial charge < -0.3 is 10.0 Å². The quantitative estimate of drug-likeness (QED) is 0.664. The number of piperidine rings is 1. The zero-order chi connectivity index (χ0) is 18.8. The molecule has 28 heavy (non-hydrogen) atoms. The fraction of sp³-hybridized carbons (Fsp3) is 0.300. The summed E-state index contributed by atoms with van der Waals surface area (Å²) in [6.07, 6.45) is 5.61. The van der Waals surface area contributed by atoms with Gasteiger partial charge in [0.25, 0.3) is 0 Å². The van der Waals surface area contributed by atoms with Gasteiger partial charge in [0, 0.05) is 30.4 Å². The molecule has 2 aromatic heterocycles. The Labute approximate surface area is 173 Å². The standard InChI is InChI=1S/C20H20N4O2S.ClH/c1-13-11-14(5-7-16(13)20(25)26)18-22-23-19(27-18)15-6-8-17(21-12-15)24-9-3-2-4-10-24;/h5-8,11-12H,2-4,9-10H2,1H3,(H,25,26);1H. The molecule has 0 bridgehead atoms. The van der Waals surface area contributed by atoms with E-state index >= 15 is 0 Å². The van der Waals surface area contributed by atoms with Gasteiger partial charge in [-0.15, -0.1) is 22.6 Å². The maximum Gasteiger partial charge on any atom is 0.335 e. The second-order valence-electron chi connectivity index (χ2n) is 6.70. The summed E-state index contributed by atoms with van der Waals surface area (Å²) in [4.78, 5) is 18.1. The lowest BCUT2D eigenvalue weighted by Crippen LogP contribution is -2.29. The van der Waals surface area contributed by atoms with Crippen molar-refractivity contribution < 1.29 is 9.90 Å². The van der Waals surface area contributed by atoms with Crippen LogP contribution in [-0.4, -0.2) is 39.3 Å². The number of aromatic carboxylic acids is 1. The van der Waals surface area contributed by atoms with Gasteiger partial charge in [0.15, 0.2) is 0 Å². The first kappa shape index (κ1) is 20.2. The zero-order valence-electron chi connectivity index (χ0n) is 15.5. The number of nitrogens with zero attached hydrogens (tertiary/aromatic N) is 4. The molecule has 0 radical (unpaired) electrons. The number of hydrogen-bond donors (Lipinski definition) is 1. The van der Waals surface area contributed by atoms with Crippen molar-refractivity contribution in [2.45, 2.75) is 26.2 Å². The predicted octanol–water partition coefficient (Wildman–Crippen LogP) is 4.69. The Morgan fingerprint density at radius 2 is 1.71 bits per heavy atom. The molecule has 1 aliphatic rings. The Kier molecular flexibility index (Phi) is 6.26. The highest BCUT2D eigenvalue weighted by atomic mass is 35.5. The van der Waals surface area contributed by atoms with E-state index in [0.29, 0.717) is 11.1 Å². The lowest BCUT2D eigenvalue weighted by molar-refractivity contribution is 0.0696. The minimum absolute atomic E-state index is 0. The van der Waals surface area contributed by atoms with Gasteiger partial charge in [0.1, 0.15) is 15.8 Å². The number of halogens is 1. The number of pyridine rings is 1. The van der Waals surface area contributed by atoms with Crippen LogP contribution >= 0.6 is 23.7 Å². The third-order valence-corrected chi connectivity index (χ3v) is 5.83. The minimum Gasteiger partial charge on any atom is -0.478 e. The van der Waals surface area contributed by atoms with Crippen LogP contribution in [0.15, 0.2) is 36.5 Å². The summed E-state index contributed by atoms with van der Waals surface area (Å²) in [5.41, 5.74) is 2.84. The molecule has 0 amide bonds. The number of benzene rings is 1. The Hall–Kier alpha value is -2.51. The molecule has 0 saturated carbocycles. The van der Waals surface area contributed by atoms with Crippen LogP contribution in [0.2, 0.25) is 0 Å². The topological polar surface area (TPSA) is 79.2 Å². The van der Waals surface area contributed by atoms with Crippen LogP contribution in [0.5, 0.6) is 0 Å². The molecule has 6 nitrogen and oxygen atoms in total. The highest BCUT2D eigenvalue weighted by Gasteiger charge is 2.14. The Morgan fingerprint density at radius 3 is 2.32 bits per heavy atom. The highest BCUT2D eigenvalue weighted by molar-refractivity contribution is 7.17. The van der Waals surface area contributed by atoms with Crippen LogP contribution in [-0.2, 0) is 0 Å². The largest absolute Gasteiger partial charge is 0.478 e. The molecule has 1 aliphatic heterocycles. The van der Waals surface area contributed by atoms with Gasteiger partial charge in [-0.05, 0) is 56.0 Å². The molecular weight excluding hydrogens is 396 g/mol. The number of carboxylic acid groups (broad SMARTS) is 1. The van der Waals surface area contributed by atoms with Crippen molar-refractivity contribution in [1.82, 2.24) is 15.2 Å². The summed E-state index contributed by atoms with van der Waals surface area (Å²) in [5.74, 6) is 0.0972. The van der Waals surface area contributed by atoms with Crippen molar-refractivity contribution in [1.29, 1.82) is 0 Å². The van der Waals surface area contributed by atoms with Gasteiger partial charge in [-0.25, -0.2) is 9.78 Å². The van der Waals surface area contributed by atoms with E-state index in [0.717, 1.165) is 40.0 Å². The second-order valence-corrected chi connectivity index (χ2v) is 7.68. The van der Waals surface area contributed by atoms with E-state index < -0.39 is 5.97 Å². The summed E-state index contributed by atoms with van der Waals surface area (Å²) < 4.78 is 0. The molecule has 0 atom stereocenters. The number of aromatic nitrogens is 3. The van der Waals surface area contributed by atoms with Crippen LogP contribution in [0.1, 0.15) is 35.2 Å². The van der Waals surface area contributed by atoms with Gasteiger partial charge >= 0.3 is 5.97 Å². The molecule has 3 aromatic rings. The van der Waals surface area contributed by atoms with E-state index in [1.165, 1.54) is 30.6 Å². The average Bonchev–Trinajstić information content (AvgIpc) is 3.19. The average molecular weight is 417 g/mol. The fourth-order valence-electron chi connectivity index (χ4n) is 3.32. The van der Waals surface area contributed by atoms with E-state index in [2.05, 4.69) is 20.1 Å². The van der Waals surface area contributed by atoms with Crippen molar-refractivity contribution in [3.8, 4) is 21.1 Å². The van der Waals surface area contributed by atoms with Gasteiger partial charge in [-0.3, -0.25) is 0 Å². The molecule has 0 unspecified atom stereocenters. The van der Waals surface area contributed by atoms with E-state index in [4.69, 9.17) is 5.11 Å². The van der Waals surface area contributed by atoms with E-state index in [1.54, 1.807) is 19.1 Å². The highest BCUT2D eigenvalue weighted by Crippen LogP contribution is 2.31. The molecule has 1 saturated heterocycles. The van der Waals surface area contributed by atoms with Crippen molar-refractivity contribution >= 4 is 35.5 Å². The van der Waals surface area contributed by atoms with Gasteiger partial charge in [-0.2, -0.15) is 0 Å². The lowest BCUT2D eigenvalue weighted by Gasteiger charge is -2.27. The Balaban J connectivity index is 0.00000225. The lowest BCUT2D eigenvalue weighted by atomic mass is 10.1. The maximum absolute atomic E-state index is 11.2. The van der Waals surface area contributed by atoms with Crippen LogP contribution in [0.25, 0.3) is 21.1 Å². The smallest absolute Gasteiger partial charge is 0.335 e. The number of carbonyl (C=O) groups is 1. The molecule has 4 rings (SSSR count). The fourth-order valence-corrected chi connectivity index (χ4v) is 4.15. The van der Waals surface area contributed by atoms with Gasteiger partial charge in [-0.1, -0.05) is 17.4 Å². The predicted molar refractivity (Wildman–Crippen MR) is 114 cm³/mol. The number of hydrogen-bond acceptors (Lipinski definition) is 6. The SMILES string of the molecule is Cc1cc(-c2nnc(-c3ccc(N4CCCCC4)nc3)s2)ccc1C(=O)O.Cl. The van der Waals surface area contributed by atoms with Crippen LogP contribution in [0.3, 0.4) is 0 Å². The summed E-state index contributed by atoms with van der Waals surface area (Å²) >= 11 is 1.48. The summed E-state index contributed by atoms with van der Waals surface area (Å²) in [7, 11) is 0. The van der Waals surface area contributed by atoms with Crippen LogP contribution < -0.4 is 4.90 Å². The van der Waals surface area contributed by atoms with Gasteiger partial charge in [0.05, 0.1) is 5.56 Å². The number of rotatable bonds is 4. The van der Waals surface area contributed by atoms with Crippen molar-refractivity contribution in [2.75, 3.05) is 18.0 Å². The second kappa shape index (κ2) is 8.67. The summed E-state index contributed by atoms with van der Waals surface area (Å²) in [6.45, 7) is 3.93. The molecule has 0 spiro atoms. The molecule has 0 aliphatic carbocycles. The normalized spacial score (nSPS) is 13.8. The molecule has 3 heterocycles. The summed E-state index contributed by atoms with van der Waals surface area (Å²) in [5, 5.41) is 19.3. The van der Waals surface area contributed by atoms with Crippen LogP contribution in [0, 0.1) is 6.92 Å². The molecule has 1 N–H and O–H groups in total. The first-order valence-electron chi connectivity index (χ1n) is 9.01. The monoisotopic (exact) mass is 416 g/mol. The van der Waals surface area contributed by atoms with Crippen molar-refractivity contribution in [3.05, 3.63) is 47.7 Å². The zero-order valence-corrected chi connectivity index (χ0v) is 17.1. The number of aryl methyl sites for hydroxylation is 1. The number of anilines is 1. The third kappa shape index (κ3) is 4.15. The van der Waals surface area contributed by atoms with Crippen LogP contribution in [0.4, 0.5) is 5.82 Å². The molecule has 1 aromatic carbocycles. The summed E-state index contributed by atoms with van der Waals surface area (Å²) in [6, 6.07) is 9.32. The van der Waals surface area contributed by atoms with E-state index in [1.807, 2.05) is 24.4 Å².